The number of halogens is 1. The lowest BCUT2D eigenvalue weighted by Crippen LogP contribution is -2.21. The lowest BCUT2D eigenvalue weighted by molar-refractivity contribution is -0.119. The topological polar surface area (TPSA) is 84.1 Å². The molecule has 3 aromatic carbocycles. The first kappa shape index (κ1) is 20.0. The van der Waals surface area contributed by atoms with Gasteiger partial charge in [0, 0.05) is 20.2 Å². The van der Waals surface area contributed by atoms with Gasteiger partial charge in [0.05, 0.1) is 11.2 Å². The highest BCUT2D eigenvalue weighted by Crippen LogP contribution is 2.33. The van der Waals surface area contributed by atoms with Gasteiger partial charge in [-0.2, -0.15) is 5.10 Å². The number of amides is 1. The third-order valence-electron chi connectivity index (χ3n) is 4.20. The summed E-state index contributed by atoms with van der Waals surface area (Å²) in [5.41, 5.74) is 1.50. The highest BCUT2D eigenvalue weighted by atomic mass is 35.5. The summed E-state index contributed by atoms with van der Waals surface area (Å²) in [6, 6.07) is 22.0. The fourth-order valence-electron chi connectivity index (χ4n) is 2.79. The molecule has 1 heterocycles. The third-order valence-corrected chi connectivity index (χ3v) is 5.54. The van der Waals surface area contributed by atoms with Gasteiger partial charge in [-0.05, 0) is 42.5 Å². The first-order valence-corrected chi connectivity index (χ1v) is 10.2. The molecule has 0 bridgehead atoms. The fourth-order valence-corrected chi connectivity index (χ4v) is 3.82. The molecule has 0 aliphatic rings. The number of esters is 1. The van der Waals surface area contributed by atoms with E-state index >= 15 is 0 Å². The van der Waals surface area contributed by atoms with Gasteiger partial charge < -0.3 is 10.1 Å². The van der Waals surface area contributed by atoms with Crippen molar-refractivity contribution in [3.63, 3.8) is 0 Å². The molecule has 2 N–H and O–H groups in total. The van der Waals surface area contributed by atoms with Crippen LogP contribution in [0.15, 0.2) is 82.6 Å². The Kier molecular flexibility index (Phi) is 6.02. The number of carbonyl (C=O) groups excluding carboxylic acids is 2. The molecular weight excluding hydrogens is 422 g/mol. The predicted molar refractivity (Wildman–Crippen MR) is 117 cm³/mol. The Bertz CT molecular complexity index is 1210. The standard InChI is InChI=1S/C22H16ClN3O3S/c23-14-9-11-15(12-10-14)30-19-8-4-3-7-18(19)24-20(27)13-29-22(28)21-16-5-1-2-6-17(16)25-26-21/h1-12H,13H2,(H,24,27)(H,25,26). The summed E-state index contributed by atoms with van der Waals surface area (Å²) in [6.45, 7) is -0.417. The number of aromatic nitrogens is 2. The molecule has 1 amide bonds. The number of rotatable bonds is 6. The molecule has 30 heavy (non-hydrogen) atoms. The molecule has 4 rings (SSSR count). The Labute approximate surface area is 181 Å². The van der Waals surface area contributed by atoms with E-state index < -0.39 is 18.5 Å². The third kappa shape index (κ3) is 4.64. The van der Waals surface area contributed by atoms with Crippen LogP contribution in [0.2, 0.25) is 5.02 Å². The van der Waals surface area contributed by atoms with E-state index in [1.165, 1.54) is 11.8 Å². The van der Waals surface area contributed by atoms with Crippen LogP contribution in [0, 0.1) is 0 Å². The predicted octanol–water partition coefficient (Wildman–Crippen LogP) is 5.16. The molecule has 0 saturated heterocycles. The van der Waals surface area contributed by atoms with E-state index in [-0.39, 0.29) is 5.69 Å². The summed E-state index contributed by atoms with van der Waals surface area (Å²) in [6.07, 6.45) is 0. The molecule has 0 unspecified atom stereocenters. The maximum Gasteiger partial charge on any atom is 0.359 e. The van der Waals surface area contributed by atoms with E-state index in [0.717, 1.165) is 15.3 Å². The minimum atomic E-state index is -0.661. The molecule has 8 heteroatoms. The van der Waals surface area contributed by atoms with Gasteiger partial charge in [0.1, 0.15) is 0 Å². The molecule has 0 radical (unpaired) electrons. The zero-order valence-corrected chi connectivity index (χ0v) is 17.2. The van der Waals surface area contributed by atoms with Crippen LogP contribution in [0.1, 0.15) is 10.5 Å². The number of H-pyrrole nitrogens is 1. The maximum absolute atomic E-state index is 12.4. The summed E-state index contributed by atoms with van der Waals surface area (Å²) < 4.78 is 5.14. The number of aromatic amines is 1. The van der Waals surface area contributed by atoms with Gasteiger partial charge in [-0.15, -0.1) is 0 Å². The van der Waals surface area contributed by atoms with Gasteiger partial charge in [-0.25, -0.2) is 4.79 Å². The van der Waals surface area contributed by atoms with Gasteiger partial charge in [0.2, 0.25) is 0 Å². The monoisotopic (exact) mass is 437 g/mol. The van der Waals surface area contributed by atoms with E-state index in [0.29, 0.717) is 16.1 Å². The lowest BCUT2D eigenvalue weighted by Gasteiger charge is -2.11. The van der Waals surface area contributed by atoms with Crippen molar-refractivity contribution < 1.29 is 14.3 Å². The average molecular weight is 438 g/mol. The van der Waals surface area contributed by atoms with Gasteiger partial charge in [0.25, 0.3) is 5.91 Å². The number of nitrogens with one attached hydrogen (secondary N) is 2. The second-order valence-corrected chi connectivity index (χ2v) is 7.85. The van der Waals surface area contributed by atoms with E-state index in [1.54, 1.807) is 24.3 Å². The van der Waals surface area contributed by atoms with Crippen LogP contribution >= 0.6 is 23.4 Å². The van der Waals surface area contributed by atoms with E-state index in [2.05, 4.69) is 15.5 Å². The second kappa shape index (κ2) is 9.02. The number of fused-ring (bicyclic) bond motifs is 1. The van der Waals surface area contributed by atoms with Gasteiger partial charge in [-0.1, -0.05) is 53.7 Å². The smallest absolute Gasteiger partial charge is 0.359 e. The summed E-state index contributed by atoms with van der Waals surface area (Å²) in [4.78, 5) is 26.5. The SMILES string of the molecule is O=C(COC(=O)c1n[nH]c2ccccc12)Nc1ccccc1Sc1ccc(Cl)cc1. The highest BCUT2D eigenvalue weighted by molar-refractivity contribution is 7.99. The summed E-state index contributed by atoms with van der Waals surface area (Å²) >= 11 is 7.42. The summed E-state index contributed by atoms with van der Waals surface area (Å²) in [5, 5.41) is 10.8. The number of ether oxygens (including phenoxy) is 1. The van der Waals surface area contributed by atoms with Crippen molar-refractivity contribution in [3.05, 3.63) is 83.5 Å². The average Bonchev–Trinajstić information content (AvgIpc) is 3.19. The molecule has 0 atom stereocenters. The number of carbonyl (C=O) groups is 2. The van der Waals surface area contributed by atoms with Crippen LogP contribution in [-0.2, 0) is 9.53 Å². The fraction of sp³-hybridized carbons (Fsp3) is 0.0455. The maximum atomic E-state index is 12.4. The van der Waals surface area contributed by atoms with Crippen LogP contribution < -0.4 is 5.32 Å². The Balaban J connectivity index is 1.39. The number of hydrogen-bond acceptors (Lipinski definition) is 5. The van der Waals surface area contributed by atoms with Crippen molar-refractivity contribution in [2.75, 3.05) is 11.9 Å². The van der Waals surface area contributed by atoms with Crippen LogP contribution in [0.5, 0.6) is 0 Å². The molecule has 0 aliphatic carbocycles. The Morgan fingerprint density at radius 3 is 2.57 bits per heavy atom. The van der Waals surface area contributed by atoms with E-state index in [9.17, 15) is 9.59 Å². The second-order valence-electron chi connectivity index (χ2n) is 6.29. The molecular formula is C22H16ClN3O3S. The first-order valence-electron chi connectivity index (χ1n) is 9.03. The number of para-hydroxylation sites is 2. The van der Waals surface area contributed by atoms with Gasteiger partial charge >= 0.3 is 5.97 Å². The van der Waals surface area contributed by atoms with Crippen molar-refractivity contribution >= 4 is 51.8 Å². The Morgan fingerprint density at radius 2 is 1.73 bits per heavy atom. The molecule has 0 saturated carbocycles. The Morgan fingerprint density at radius 1 is 1.00 bits per heavy atom. The molecule has 150 valence electrons. The highest BCUT2D eigenvalue weighted by Gasteiger charge is 2.17. The Hall–Kier alpha value is -3.29. The molecule has 4 aromatic rings. The largest absolute Gasteiger partial charge is 0.451 e. The number of nitrogens with zero attached hydrogens (tertiary/aromatic N) is 1. The van der Waals surface area contributed by atoms with Crippen LogP contribution in [0.4, 0.5) is 5.69 Å². The molecule has 0 spiro atoms. The van der Waals surface area contributed by atoms with Crippen molar-refractivity contribution in [1.82, 2.24) is 10.2 Å². The van der Waals surface area contributed by atoms with Gasteiger partial charge in [0.15, 0.2) is 12.3 Å². The van der Waals surface area contributed by atoms with E-state index in [4.69, 9.17) is 16.3 Å². The summed E-state index contributed by atoms with van der Waals surface area (Å²) in [7, 11) is 0. The molecule has 1 aromatic heterocycles. The van der Waals surface area contributed by atoms with Crippen LogP contribution in [-0.4, -0.2) is 28.7 Å². The quantitative estimate of drug-likeness (QED) is 0.407. The van der Waals surface area contributed by atoms with Crippen molar-refractivity contribution in [3.8, 4) is 0 Å². The van der Waals surface area contributed by atoms with E-state index in [1.807, 2.05) is 48.5 Å². The molecule has 0 fully saturated rings. The minimum Gasteiger partial charge on any atom is -0.451 e. The minimum absolute atomic E-state index is 0.150. The van der Waals surface area contributed by atoms with Crippen molar-refractivity contribution in [2.45, 2.75) is 9.79 Å². The number of benzene rings is 3. The number of anilines is 1. The van der Waals surface area contributed by atoms with Crippen LogP contribution in [0.3, 0.4) is 0 Å². The zero-order chi connectivity index (χ0) is 20.9. The van der Waals surface area contributed by atoms with Crippen molar-refractivity contribution in [2.24, 2.45) is 0 Å². The first-order chi connectivity index (χ1) is 14.6. The lowest BCUT2D eigenvalue weighted by atomic mass is 10.2. The molecule has 0 aliphatic heterocycles. The zero-order valence-electron chi connectivity index (χ0n) is 15.6. The van der Waals surface area contributed by atoms with Gasteiger partial charge in [-0.3, -0.25) is 9.89 Å². The summed E-state index contributed by atoms with van der Waals surface area (Å²) in [5.74, 6) is -1.10. The van der Waals surface area contributed by atoms with Crippen LogP contribution in [0.25, 0.3) is 10.9 Å². The normalized spacial score (nSPS) is 10.7. The molecule has 6 nitrogen and oxygen atoms in total. The number of hydrogen-bond donors (Lipinski definition) is 2. The van der Waals surface area contributed by atoms with Crippen molar-refractivity contribution in [1.29, 1.82) is 0 Å².